The second-order valence-electron chi connectivity index (χ2n) is 4.61. The third-order valence-corrected chi connectivity index (χ3v) is 3.97. The lowest BCUT2D eigenvalue weighted by molar-refractivity contribution is 0.0895. The first-order chi connectivity index (χ1) is 8.48. The van der Waals surface area contributed by atoms with Gasteiger partial charge < -0.3 is 11.1 Å². The van der Waals surface area contributed by atoms with Gasteiger partial charge in [-0.25, -0.2) is 0 Å². The molecule has 0 fully saturated rings. The highest BCUT2D eigenvalue weighted by atomic mass is 35.5. The van der Waals surface area contributed by atoms with Gasteiger partial charge >= 0.3 is 0 Å². The SMILES string of the molecule is CCC(CC)(CN)NC(=O)c1ccc(Cl)c(C)c1.Cl. The van der Waals surface area contributed by atoms with Crippen LogP contribution in [-0.2, 0) is 0 Å². The predicted molar refractivity (Wildman–Crippen MR) is 83.3 cm³/mol. The molecule has 0 heterocycles. The minimum absolute atomic E-state index is 0. The summed E-state index contributed by atoms with van der Waals surface area (Å²) in [5.74, 6) is -0.0936. The largest absolute Gasteiger partial charge is 0.345 e. The van der Waals surface area contributed by atoms with Gasteiger partial charge in [-0.3, -0.25) is 4.79 Å². The minimum atomic E-state index is -0.315. The number of rotatable bonds is 5. The van der Waals surface area contributed by atoms with Crippen LogP contribution in [-0.4, -0.2) is 18.0 Å². The summed E-state index contributed by atoms with van der Waals surface area (Å²) in [4.78, 5) is 12.2. The molecule has 0 aliphatic carbocycles. The molecular weight excluding hydrogens is 283 g/mol. The third-order valence-electron chi connectivity index (χ3n) is 3.54. The highest BCUT2D eigenvalue weighted by molar-refractivity contribution is 6.31. The number of hydrogen-bond donors (Lipinski definition) is 2. The monoisotopic (exact) mass is 304 g/mol. The Hall–Kier alpha value is -0.770. The summed E-state index contributed by atoms with van der Waals surface area (Å²) in [5, 5.41) is 3.70. The second kappa shape index (κ2) is 7.73. The maximum absolute atomic E-state index is 12.2. The van der Waals surface area contributed by atoms with E-state index in [9.17, 15) is 4.79 Å². The summed E-state index contributed by atoms with van der Waals surface area (Å²) >= 11 is 5.95. The van der Waals surface area contributed by atoms with Crippen molar-refractivity contribution in [2.75, 3.05) is 6.54 Å². The lowest BCUT2D eigenvalue weighted by Crippen LogP contribution is -2.52. The van der Waals surface area contributed by atoms with Gasteiger partial charge in [0.2, 0.25) is 0 Å². The molecule has 0 spiro atoms. The molecule has 5 heteroatoms. The lowest BCUT2D eigenvalue weighted by atomic mass is 9.92. The lowest BCUT2D eigenvalue weighted by Gasteiger charge is -2.31. The Morgan fingerprint density at radius 2 is 1.95 bits per heavy atom. The Labute approximate surface area is 126 Å². The summed E-state index contributed by atoms with van der Waals surface area (Å²) in [5.41, 5.74) is 6.98. The molecule has 19 heavy (non-hydrogen) atoms. The Bertz CT molecular complexity index is 423. The van der Waals surface area contributed by atoms with Crippen molar-refractivity contribution < 1.29 is 4.79 Å². The molecule has 108 valence electrons. The molecule has 1 aromatic carbocycles. The first-order valence-electron chi connectivity index (χ1n) is 6.26. The van der Waals surface area contributed by atoms with Crippen molar-refractivity contribution in [3.8, 4) is 0 Å². The van der Waals surface area contributed by atoms with Crippen LogP contribution in [0.5, 0.6) is 0 Å². The fourth-order valence-corrected chi connectivity index (χ4v) is 1.98. The van der Waals surface area contributed by atoms with Gasteiger partial charge in [-0.05, 0) is 43.5 Å². The molecule has 0 saturated carbocycles. The smallest absolute Gasteiger partial charge is 0.251 e. The first kappa shape index (κ1) is 18.2. The van der Waals surface area contributed by atoms with Crippen LogP contribution in [0.4, 0.5) is 0 Å². The van der Waals surface area contributed by atoms with Crippen LogP contribution in [0.3, 0.4) is 0 Å². The summed E-state index contributed by atoms with van der Waals surface area (Å²) in [6.07, 6.45) is 1.64. The molecule has 3 nitrogen and oxygen atoms in total. The van der Waals surface area contributed by atoms with Gasteiger partial charge in [0.25, 0.3) is 5.91 Å². The van der Waals surface area contributed by atoms with Crippen LogP contribution in [0.2, 0.25) is 5.02 Å². The van der Waals surface area contributed by atoms with Crippen LogP contribution in [0, 0.1) is 6.92 Å². The van der Waals surface area contributed by atoms with Crippen LogP contribution < -0.4 is 11.1 Å². The average molecular weight is 305 g/mol. The van der Waals surface area contributed by atoms with Crippen LogP contribution in [0.25, 0.3) is 0 Å². The summed E-state index contributed by atoms with van der Waals surface area (Å²) in [6.45, 7) is 6.39. The van der Waals surface area contributed by atoms with Gasteiger partial charge in [0.1, 0.15) is 0 Å². The van der Waals surface area contributed by atoms with E-state index in [1.807, 2.05) is 20.8 Å². The van der Waals surface area contributed by atoms with Crippen molar-refractivity contribution in [2.45, 2.75) is 39.2 Å². The fraction of sp³-hybridized carbons (Fsp3) is 0.500. The van der Waals surface area contributed by atoms with E-state index in [1.54, 1.807) is 18.2 Å². The highest BCUT2D eigenvalue weighted by Gasteiger charge is 2.26. The van der Waals surface area contributed by atoms with Gasteiger partial charge in [0.05, 0.1) is 5.54 Å². The van der Waals surface area contributed by atoms with Crippen molar-refractivity contribution in [2.24, 2.45) is 5.73 Å². The van der Waals surface area contributed by atoms with Gasteiger partial charge in [-0.1, -0.05) is 25.4 Å². The van der Waals surface area contributed by atoms with E-state index in [4.69, 9.17) is 17.3 Å². The van der Waals surface area contributed by atoms with Crippen molar-refractivity contribution in [1.82, 2.24) is 5.32 Å². The molecule has 0 aliphatic heterocycles. The van der Waals surface area contributed by atoms with E-state index in [0.717, 1.165) is 18.4 Å². The molecule has 0 aliphatic rings. The number of halogens is 2. The average Bonchev–Trinajstić information content (AvgIpc) is 2.39. The van der Waals surface area contributed by atoms with Crippen LogP contribution in [0.1, 0.15) is 42.6 Å². The molecular formula is C14H22Cl2N2O. The molecule has 1 aromatic rings. The highest BCUT2D eigenvalue weighted by Crippen LogP contribution is 2.18. The fourth-order valence-electron chi connectivity index (χ4n) is 1.87. The van der Waals surface area contributed by atoms with Gasteiger partial charge in [0.15, 0.2) is 0 Å². The Kier molecular flexibility index (Phi) is 7.42. The summed E-state index contributed by atoms with van der Waals surface area (Å²) < 4.78 is 0. The molecule has 0 aromatic heterocycles. The van der Waals surface area contributed by atoms with Crippen molar-refractivity contribution >= 4 is 29.9 Å². The number of carbonyl (C=O) groups excluding carboxylic acids is 1. The van der Waals surface area contributed by atoms with Gasteiger partial charge in [-0.15, -0.1) is 12.4 Å². The van der Waals surface area contributed by atoms with Crippen LogP contribution in [0.15, 0.2) is 18.2 Å². The standard InChI is InChI=1S/C14H21ClN2O.ClH/c1-4-14(5-2,9-16)17-13(18)11-6-7-12(15)10(3)8-11;/h6-8H,4-5,9,16H2,1-3H3,(H,17,18);1H. The molecule has 0 saturated heterocycles. The number of amides is 1. The van der Waals surface area contributed by atoms with E-state index >= 15 is 0 Å². The first-order valence-corrected chi connectivity index (χ1v) is 6.64. The number of hydrogen-bond acceptors (Lipinski definition) is 2. The normalized spacial score (nSPS) is 10.8. The van der Waals surface area contributed by atoms with Crippen molar-refractivity contribution in [3.05, 3.63) is 34.3 Å². The number of benzene rings is 1. The second-order valence-corrected chi connectivity index (χ2v) is 5.02. The van der Waals surface area contributed by atoms with E-state index in [-0.39, 0.29) is 23.9 Å². The Balaban J connectivity index is 0.00000324. The molecule has 0 bridgehead atoms. The van der Waals surface area contributed by atoms with Crippen LogP contribution >= 0.6 is 24.0 Å². The number of nitrogens with one attached hydrogen (secondary N) is 1. The topological polar surface area (TPSA) is 55.1 Å². The van der Waals surface area contributed by atoms with Crippen molar-refractivity contribution in [1.29, 1.82) is 0 Å². The van der Waals surface area contributed by atoms with E-state index in [2.05, 4.69) is 5.32 Å². The van der Waals surface area contributed by atoms with E-state index < -0.39 is 0 Å². The zero-order valence-electron chi connectivity index (χ0n) is 11.6. The quantitative estimate of drug-likeness (QED) is 0.877. The molecule has 0 atom stereocenters. The minimum Gasteiger partial charge on any atom is -0.345 e. The molecule has 1 rings (SSSR count). The number of aryl methyl sites for hydroxylation is 1. The third kappa shape index (κ3) is 4.37. The summed E-state index contributed by atoms with van der Waals surface area (Å²) in [7, 11) is 0. The zero-order valence-corrected chi connectivity index (χ0v) is 13.2. The van der Waals surface area contributed by atoms with E-state index in [1.165, 1.54) is 0 Å². The van der Waals surface area contributed by atoms with Gasteiger partial charge in [0, 0.05) is 17.1 Å². The zero-order chi connectivity index (χ0) is 13.8. The Morgan fingerprint density at radius 3 is 2.37 bits per heavy atom. The molecule has 0 radical (unpaired) electrons. The molecule has 1 amide bonds. The van der Waals surface area contributed by atoms with E-state index in [0.29, 0.717) is 17.1 Å². The van der Waals surface area contributed by atoms with Crippen molar-refractivity contribution in [3.63, 3.8) is 0 Å². The maximum atomic E-state index is 12.2. The number of carbonyl (C=O) groups is 1. The predicted octanol–water partition coefficient (Wildman–Crippen LogP) is 3.32. The molecule has 0 unspecified atom stereocenters. The Morgan fingerprint density at radius 1 is 1.37 bits per heavy atom. The summed E-state index contributed by atoms with van der Waals surface area (Å²) in [6, 6.07) is 5.27. The molecule has 3 N–H and O–H groups in total. The maximum Gasteiger partial charge on any atom is 0.251 e. The van der Waals surface area contributed by atoms with Gasteiger partial charge in [-0.2, -0.15) is 0 Å². The number of nitrogens with two attached hydrogens (primary N) is 1.